The first-order valence-electron chi connectivity index (χ1n) is 5.40. The Balaban J connectivity index is 2.77. The number of carbonyl (C=O) groups excluding carboxylic acids is 1. The van der Waals surface area contributed by atoms with Crippen LogP contribution in [0.3, 0.4) is 0 Å². The lowest BCUT2D eigenvalue weighted by Gasteiger charge is -2.16. The van der Waals surface area contributed by atoms with E-state index in [0.717, 1.165) is 5.56 Å². The average Bonchev–Trinajstić information content (AvgIpc) is 2.36. The lowest BCUT2D eigenvalue weighted by Crippen LogP contribution is -2.20. The van der Waals surface area contributed by atoms with Crippen molar-refractivity contribution in [1.29, 1.82) is 5.26 Å². The molecule has 0 saturated carbocycles. The molecule has 0 saturated heterocycles. The number of nitriles is 1. The average molecular weight is 232 g/mol. The predicted molar refractivity (Wildman–Crippen MR) is 64.3 cm³/mol. The molecule has 0 unspecified atom stereocenters. The maximum atomic E-state index is 11.5. The molecule has 0 aliphatic heterocycles. The van der Waals surface area contributed by atoms with Crippen LogP contribution in [0.1, 0.15) is 22.3 Å². The molecule has 0 amide bonds. The van der Waals surface area contributed by atoms with Crippen molar-refractivity contribution in [1.82, 2.24) is 4.90 Å². The van der Waals surface area contributed by atoms with E-state index >= 15 is 0 Å². The van der Waals surface area contributed by atoms with Crippen LogP contribution in [0.5, 0.6) is 0 Å². The highest BCUT2D eigenvalue weighted by atomic mass is 16.5. The third-order valence-electron chi connectivity index (χ3n) is 2.47. The quantitative estimate of drug-likeness (QED) is 0.727. The van der Waals surface area contributed by atoms with Crippen LogP contribution in [0, 0.1) is 11.3 Å². The van der Waals surface area contributed by atoms with Gasteiger partial charge in [-0.2, -0.15) is 5.26 Å². The Kier molecular flexibility index (Phi) is 5.18. The largest absolute Gasteiger partial charge is 0.465 e. The van der Waals surface area contributed by atoms with Crippen LogP contribution < -0.4 is 0 Å². The van der Waals surface area contributed by atoms with Crippen LogP contribution in [0.4, 0.5) is 0 Å². The second-order valence-electron chi connectivity index (χ2n) is 3.79. The van der Waals surface area contributed by atoms with E-state index in [9.17, 15) is 4.79 Å². The normalized spacial score (nSPS) is 10.0. The molecule has 0 bridgehead atoms. The van der Waals surface area contributed by atoms with E-state index in [1.165, 1.54) is 7.11 Å². The minimum absolute atomic E-state index is 0.325. The van der Waals surface area contributed by atoms with Gasteiger partial charge in [0.2, 0.25) is 0 Å². The number of rotatable bonds is 5. The summed E-state index contributed by atoms with van der Waals surface area (Å²) in [7, 11) is 3.30. The van der Waals surface area contributed by atoms with Crippen molar-refractivity contribution >= 4 is 5.97 Å². The fourth-order valence-corrected chi connectivity index (χ4v) is 1.58. The Morgan fingerprint density at radius 2 is 2.18 bits per heavy atom. The molecule has 4 heteroatoms. The summed E-state index contributed by atoms with van der Waals surface area (Å²) in [6.07, 6.45) is 0.483. The second-order valence-corrected chi connectivity index (χ2v) is 3.79. The number of hydrogen-bond acceptors (Lipinski definition) is 4. The summed E-state index contributed by atoms with van der Waals surface area (Å²) in [5, 5.41) is 8.51. The molecule has 17 heavy (non-hydrogen) atoms. The molecule has 1 aromatic rings. The maximum Gasteiger partial charge on any atom is 0.338 e. The van der Waals surface area contributed by atoms with Gasteiger partial charge < -0.3 is 9.64 Å². The Labute approximate surface area is 101 Å². The van der Waals surface area contributed by atoms with Gasteiger partial charge in [-0.25, -0.2) is 4.79 Å². The molecule has 0 aromatic heterocycles. The second kappa shape index (κ2) is 6.66. The van der Waals surface area contributed by atoms with Crippen LogP contribution in [-0.2, 0) is 11.3 Å². The van der Waals surface area contributed by atoms with Crippen molar-refractivity contribution in [3.05, 3.63) is 35.4 Å². The zero-order valence-electron chi connectivity index (χ0n) is 10.1. The fraction of sp³-hybridized carbons (Fsp3) is 0.385. The molecule has 0 atom stereocenters. The minimum Gasteiger partial charge on any atom is -0.465 e. The lowest BCUT2D eigenvalue weighted by molar-refractivity contribution is 0.0598. The standard InChI is InChI=1S/C13H16N2O2/c1-15(9-5-8-14)10-11-6-3-4-7-12(11)13(16)17-2/h3-4,6-7H,5,9-10H2,1-2H3. The third kappa shape index (κ3) is 3.89. The first-order valence-corrected chi connectivity index (χ1v) is 5.40. The van der Waals surface area contributed by atoms with E-state index in [4.69, 9.17) is 10.00 Å². The fourth-order valence-electron chi connectivity index (χ4n) is 1.58. The lowest BCUT2D eigenvalue weighted by atomic mass is 10.1. The predicted octanol–water partition coefficient (Wildman–Crippen LogP) is 1.82. The molecule has 0 radical (unpaired) electrons. The van der Waals surface area contributed by atoms with Crippen LogP contribution in [-0.4, -0.2) is 31.6 Å². The first-order chi connectivity index (χ1) is 8.19. The first kappa shape index (κ1) is 13.2. The summed E-state index contributed by atoms with van der Waals surface area (Å²) < 4.78 is 4.73. The van der Waals surface area contributed by atoms with Crippen molar-refractivity contribution in [2.75, 3.05) is 20.7 Å². The zero-order valence-corrected chi connectivity index (χ0v) is 10.1. The van der Waals surface area contributed by atoms with Gasteiger partial charge in [0, 0.05) is 19.5 Å². The maximum absolute atomic E-state index is 11.5. The SMILES string of the molecule is COC(=O)c1ccccc1CN(C)CCC#N. The van der Waals surface area contributed by atoms with E-state index in [0.29, 0.717) is 25.1 Å². The zero-order chi connectivity index (χ0) is 12.7. The van der Waals surface area contributed by atoms with E-state index in [1.807, 2.05) is 30.1 Å². The number of hydrogen-bond donors (Lipinski definition) is 0. The van der Waals surface area contributed by atoms with Crippen LogP contribution in [0.25, 0.3) is 0 Å². The molecule has 4 nitrogen and oxygen atoms in total. The molecular formula is C13H16N2O2. The van der Waals surface area contributed by atoms with Gasteiger partial charge in [-0.05, 0) is 18.7 Å². The van der Waals surface area contributed by atoms with Gasteiger partial charge in [-0.15, -0.1) is 0 Å². The van der Waals surface area contributed by atoms with Gasteiger partial charge in [0.25, 0.3) is 0 Å². The Morgan fingerprint density at radius 1 is 1.47 bits per heavy atom. The molecule has 90 valence electrons. The van der Waals surface area contributed by atoms with Crippen molar-refractivity contribution in [2.24, 2.45) is 0 Å². The number of carbonyl (C=O) groups is 1. The topological polar surface area (TPSA) is 53.3 Å². The monoisotopic (exact) mass is 232 g/mol. The molecule has 0 aliphatic rings. The number of nitrogens with zero attached hydrogens (tertiary/aromatic N) is 2. The molecule has 0 spiro atoms. The van der Waals surface area contributed by atoms with Crippen LogP contribution >= 0.6 is 0 Å². The highest BCUT2D eigenvalue weighted by molar-refractivity contribution is 5.90. The summed E-state index contributed by atoms with van der Waals surface area (Å²) in [6.45, 7) is 1.32. The molecule has 0 heterocycles. The molecule has 0 aliphatic carbocycles. The van der Waals surface area contributed by atoms with Crippen molar-refractivity contribution in [2.45, 2.75) is 13.0 Å². The molecular weight excluding hydrogens is 216 g/mol. The van der Waals surface area contributed by atoms with Gasteiger partial charge in [0.15, 0.2) is 0 Å². The van der Waals surface area contributed by atoms with Gasteiger partial charge in [0.05, 0.1) is 18.7 Å². The van der Waals surface area contributed by atoms with Crippen molar-refractivity contribution < 1.29 is 9.53 Å². The van der Waals surface area contributed by atoms with Gasteiger partial charge in [0.1, 0.15) is 0 Å². The molecule has 1 aromatic carbocycles. The van der Waals surface area contributed by atoms with Gasteiger partial charge in [-0.1, -0.05) is 18.2 Å². The third-order valence-corrected chi connectivity index (χ3v) is 2.47. The summed E-state index contributed by atoms with van der Waals surface area (Å²) in [4.78, 5) is 13.5. The Morgan fingerprint density at radius 3 is 2.82 bits per heavy atom. The van der Waals surface area contributed by atoms with Crippen LogP contribution in [0.15, 0.2) is 24.3 Å². The van der Waals surface area contributed by atoms with Crippen LogP contribution in [0.2, 0.25) is 0 Å². The number of esters is 1. The summed E-state index contributed by atoms with van der Waals surface area (Å²) in [5.41, 5.74) is 1.50. The van der Waals surface area contributed by atoms with E-state index in [2.05, 4.69) is 6.07 Å². The summed E-state index contributed by atoms with van der Waals surface area (Å²) in [6, 6.07) is 9.45. The number of methoxy groups -OCH3 is 1. The van der Waals surface area contributed by atoms with Gasteiger partial charge in [-0.3, -0.25) is 0 Å². The highest BCUT2D eigenvalue weighted by Gasteiger charge is 2.11. The van der Waals surface area contributed by atoms with Gasteiger partial charge >= 0.3 is 5.97 Å². The van der Waals surface area contributed by atoms with Crippen molar-refractivity contribution in [3.8, 4) is 6.07 Å². The minimum atomic E-state index is -0.325. The molecule has 0 fully saturated rings. The molecule has 1 rings (SSSR count). The number of benzene rings is 1. The summed E-state index contributed by atoms with van der Waals surface area (Å²) in [5.74, 6) is -0.325. The summed E-state index contributed by atoms with van der Waals surface area (Å²) >= 11 is 0. The highest BCUT2D eigenvalue weighted by Crippen LogP contribution is 2.12. The van der Waals surface area contributed by atoms with E-state index < -0.39 is 0 Å². The van der Waals surface area contributed by atoms with E-state index in [1.54, 1.807) is 6.07 Å². The number of ether oxygens (including phenoxy) is 1. The van der Waals surface area contributed by atoms with Crippen molar-refractivity contribution in [3.63, 3.8) is 0 Å². The van der Waals surface area contributed by atoms with E-state index in [-0.39, 0.29) is 5.97 Å². The Hall–Kier alpha value is -1.86. The smallest absolute Gasteiger partial charge is 0.338 e. The Bertz CT molecular complexity index is 424. The molecule has 0 N–H and O–H groups in total.